The summed E-state index contributed by atoms with van der Waals surface area (Å²) in [4.78, 5) is 12.9. The average Bonchev–Trinajstić information content (AvgIpc) is 2.38. The van der Waals surface area contributed by atoms with E-state index in [4.69, 9.17) is 10.6 Å². The van der Waals surface area contributed by atoms with E-state index >= 15 is 0 Å². The fourth-order valence-electron chi connectivity index (χ4n) is 1.50. The first-order valence-electron chi connectivity index (χ1n) is 6.03. The summed E-state index contributed by atoms with van der Waals surface area (Å²) >= 11 is 0. The van der Waals surface area contributed by atoms with Crippen LogP contribution in [0.1, 0.15) is 19.3 Å². The van der Waals surface area contributed by atoms with Gasteiger partial charge in [-0.25, -0.2) is 5.84 Å². The van der Waals surface area contributed by atoms with E-state index in [1.165, 1.54) is 0 Å². The minimum Gasteiger partial charge on any atom is -0.494 e. The molecule has 5 nitrogen and oxygen atoms in total. The topological polar surface area (TPSA) is 67.6 Å². The number of rotatable bonds is 7. The Bertz CT molecular complexity index is 380. The summed E-state index contributed by atoms with van der Waals surface area (Å²) in [6, 6.07) is 7.91. The molecule has 3 N–H and O–H groups in total. The molecule has 0 saturated heterocycles. The molecule has 1 amide bonds. The van der Waals surface area contributed by atoms with Crippen LogP contribution in [0.25, 0.3) is 0 Å². The molecular formula is C13H21N3O2. The van der Waals surface area contributed by atoms with Gasteiger partial charge in [-0.15, -0.1) is 0 Å². The van der Waals surface area contributed by atoms with Crippen molar-refractivity contribution in [1.29, 1.82) is 0 Å². The molecule has 1 rings (SSSR count). The van der Waals surface area contributed by atoms with Crippen molar-refractivity contribution < 1.29 is 9.53 Å². The second-order valence-electron chi connectivity index (χ2n) is 4.26. The number of hydrogen-bond acceptors (Lipinski definition) is 4. The Morgan fingerprint density at radius 1 is 1.39 bits per heavy atom. The Morgan fingerprint density at radius 3 is 2.83 bits per heavy atom. The van der Waals surface area contributed by atoms with Gasteiger partial charge in [0, 0.05) is 32.3 Å². The zero-order valence-electron chi connectivity index (χ0n) is 11.0. The molecule has 0 aliphatic heterocycles. The van der Waals surface area contributed by atoms with Gasteiger partial charge in [-0.3, -0.25) is 10.2 Å². The maximum absolute atomic E-state index is 10.9. The van der Waals surface area contributed by atoms with Gasteiger partial charge in [0.1, 0.15) is 5.75 Å². The van der Waals surface area contributed by atoms with Crippen molar-refractivity contribution in [2.45, 2.75) is 19.3 Å². The van der Waals surface area contributed by atoms with Crippen molar-refractivity contribution in [3.05, 3.63) is 24.3 Å². The average molecular weight is 251 g/mol. The van der Waals surface area contributed by atoms with Crippen LogP contribution in [-0.2, 0) is 4.79 Å². The van der Waals surface area contributed by atoms with Crippen LogP contribution in [0.5, 0.6) is 5.75 Å². The van der Waals surface area contributed by atoms with E-state index in [-0.39, 0.29) is 5.91 Å². The van der Waals surface area contributed by atoms with Crippen LogP contribution < -0.4 is 20.9 Å². The Labute approximate surface area is 108 Å². The molecule has 0 bridgehead atoms. The van der Waals surface area contributed by atoms with Gasteiger partial charge < -0.3 is 9.64 Å². The van der Waals surface area contributed by atoms with Crippen molar-refractivity contribution in [3.63, 3.8) is 0 Å². The first-order chi connectivity index (χ1) is 8.63. The lowest BCUT2D eigenvalue weighted by molar-refractivity contribution is -0.121. The zero-order valence-corrected chi connectivity index (χ0v) is 11.0. The van der Waals surface area contributed by atoms with E-state index in [1.54, 1.807) is 0 Å². The van der Waals surface area contributed by atoms with Crippen molar-refractivity contribution in [1.82, 2.24) is 5.43 Å². The van der Waals surface area contributed by atoms with Crippen LogP contribution in [0, 0.1) is 0 Å². The smallest absolute Gasteiger partial charge is 0.233 e. The van der Waals surface area contributed by atoms with Crippen LogP contribution >= 0.6 is 0 Å². The van der Waals surface area contributed by atoms with Gasteiger partial charge in [0.05, 0.1) is 6.61 Å². The number of hydrazine groups is 1. The third-order valence-electron chi connectivity index (χ3n) is 2.56. The van der Waals surface area contributed by atoms with Gasteiger partial charge in [-0.05, 0) is 25.0 Å². The molecule has 0 aromatic heterocycles. The van der Waals surface area contributed by atoms with Gasteiger partial charge in [0.25, 0.3) is 0 Å². The molecule has 0 unspecified atom stereocenters. The number of unbranched alkanes of at least 4 members (excludes halogenated alkanes) is 1. The summed E-state index contributed by atoms with van der Waals surface area (Å²) in [5.41, 5.74) is 3.21. The molecule has 0 spiro atoms. The van der Waals surface area contributed by atoms with Crippen LogP contribution in [0.3, 0.4) is 0 Å². The highest BCUT2D eigenvalue weighted by molar-refractivity contribution is 5.75. The van der Waals surface area contributed by atoms with Crippen molar-refractivity contribution in [3.8, 4) is 5.75 Å². The quantitative estimate of drug-likeness (QED) is 0.332. The summed E-state index contributed by atoms with van der Waals surface area (Å²) in [6.07, 6.45) is 2.05. The monoisotopic (exact) mass is 251 g/mol. The van der Waals surface area contributed by atoms with Crippen molar-refractivity contribution >= 4 is 11.6 Å². The number of nitrogens with two attached hydrogens (primary N) is 1. The first kappa shape index (κ1) is 14.3. The summed E-state index contributed by atoms with van der Waals surface area (Å²) in [7, 11) is 3.98. The van der Waals surface area contributed by atoms with E-state index in [0.717, 1.165) is 24.3 Å². The van der Waals surface area contributed by atoms with E-state index < -0.39 is 0 Å². The van der Waals surface area contributed by atoms with Crippen LogP contribution in [0.15, 0.2) is 24.3 Å². The molecule has 100 valence electrons. The summed E-state index contributed by atoms with van der Waals surface area (Å²) in [5.74, 6) is 5.70. The third-order valence-corrected chi connectivity index (χ3v) is 2.56. The highest BCUT2D eigenvalue weighted by atomic mass is 16.5. The molecule has 0 aliphatic carbocycles. The van der Waals surface area contributed by atoms with Crippen LogP contribution in [-0.4, -0.2) is 26.6 Å². The lowest BCUT2D eigenvalue weighted by Crippen LogP contribution is -2.29. The van der Waals surface area contributed by atoms with Crippen molar-refractivity contribution in [2.75, 3.05) is 25.6 Å². The molecule has 0 heterocycles. The Balaban J connectivity index is 2.27. The predicted molar refractivity (Wildman–Crippen MR) is 72.4 cm³/mol. The Hall–Kier alpha value is -1.75. The fraction of sp³-hybridized carbons (Fsp3) is 0.462. The molecule has 18 heavy (non-hydrogen) atoms. The predicted octanol–water partition coefficient (Wildman–Crippen LogP) is 1.29. The normalized spacial score (nSPS) is 9.94. The van der Waals surface area contributed by atoms with Gasteiger partial charge in [-0.1, -0.05) is 6.07 Å². The van der Waals surface area contributed by atoms with Gasteiger partial charge in [-0.2, -0.15) is 0 Å². The van der Waals surface area contributed by atoms with Crippen LogP contribution in [0.4, 0.5) is 5.69 Å². The number of carbonyl (C=O) groups is 1. The summed E-state index contributed by atoms with van der Waals surface area (Å²) in [6.45, 7) is 0.606. The maximum atomic E-state index is 10.9. The molecule has 0 saturated carbocycles. The van der Waals surface area contributed by atoms with E-state index in [1.807, 2.05) is 43.3 Å². The lowest BCUT2D eigenvalue weighted by atomic mass is 10.2. The lowest BCUT2D eigenvalue weighted by Gasteiger charge is -2.14. The first-order valence-corrected chi connectivity index (χ1v) is 6.03. The highest BCUT2D eigenvalue weighted by Gasteiger charge is 2.00. The number of nitrogens with one attached hydrogen (secondary N) is 1. The van der Waals surface area contributed by atoms with E-state index in [2.05, 4.69) is 5.43 Å². The second kappa shape index (κ2) is 7.55. The highest BCUT2D eigenvalue weighted by Crippen LogP contribution is 2.19. The molecule has 0 atom stereocenters. The van der Waals surface area contributed by atoms with E-state index in [9.17, 15) is 4.79 Å². The second-order valence-corrected chi connectivity index (χ2v) is 4.26. The molecule has 0 fully saturated rings. The van der Waals surface area contributed by atoms with Crippen molar-refractivity contribution in [2.24, 2.45) is 5.84 Å². The number of benzene rings is 1. The minimum atomic E-state index is -0.135. The number of nitrogens with zero attached hydrogens (tertiary/aromatic N) is 1. The van der Waals surface area contributed by atoms with E-state index in [0.29, 0.717) is 13.0 Å². The third kappa shape index (κ3) is 5.05. The summed E-state index contributed by atoms with van der Waals surface area (Å²) in [5, 5.41) is 0. The zero-order chi connectivity index (χ0) is 13.4. The molecule has 5 heteroatoms. The number of ether oxygens (including phenoxy) is 1. The SMILES string of the molecule is CN(C)c1cccc(OCCCCC(=O)NN)c1. The van der Waals surface area contributed by atoms with Gasteiger partial charge in [0.15, 0.2) is 0 Å². The molecule has 0 aliphatic rings. The van der Waals surface area contributed by atoms with Gasteiger partial charge in [0.2, 0.25) is 5.91 Å². The van der Waals surface area contributed by atoms with Gasteiger partial charge >= 0.3 is 0 Å². The summed E-state index contributed by atoms with van der Waals surface area (Å²) < 4.78 is 5.62. The fourth-order valence-corrected chi connectivity index (χ4v) is 1.50. The number of anilines is 1. The Kier molecular flexibility index (Phi) is 6.00. The Morgan fingerprint density at radius 2 is 2.17 bits per heavy atom. The van der Waals surface area contributed by atoms with Crippen LogP contribution in [0.2, 0.25) is 0 Å². The number of amides is 1. The number of hydrogen-bond donors (Lipinski definition) is 2. The maximum Gasteiger partial charge on any atom is 0.233 e. The molecule has 0 radical (unpaired) electrons. The molecule has 1 aromatic rings. The number of carbonyl (C=O) groups excluding carboxylic acids is 1. The minimum absolute atomic E-state index is 0.135. The largest absolute Gasteiger partial charge is 0.494 e. The molecular weight excluding hydrogens is 230 g/mol. The standard InChI is InChI=1S/C13H21N3O2/c1-16(2)11-6-5-7-12(10-11)18-9-4-3-8-13(17)15-14/h5-7,10H,3-4,8-9,14H2,1-2H3,(H,15,17). The molecule has 1 aromatic carbocycles.